The predicted octanol–water partition coefficient (Wildman–Crippen LogP) is 4.21. The number of esters is 1. The summed E-state index contributed by atoms with van der Waals surface area (Å²) in [4.78, 5) is 38.5. The molecule has 1 atom stereocenters. The van der Waals surface area contributed by atoms with Gasteiger partial charge in [-0.25, -0.2) is 4.79 Å². The standard InChI is InChI=1S/C21H18N2O5/c1-13-20(16-8-4-5-9-17(16)22-13)21(25)14(2)28-19(24)12-11-15-7-3-6-10-18(15)23(26)27/h3-12,14,22H,1-2H3/b12-11+/t14-/m1/s1. The highest BCUT2D eigenvalue weighted by molar-refractivity contribution is 6.11. The number of nitro groups is 1. The topological polar surface area (TPSA) is 102 Å². The van der Waals surface area contributed by atoms with Crippen LogP contribution in [0.4, 0.5) is 5.69 Å². The fraction of sp³-hybridized carbons (Fsp3) is 0.143. The molecular weight excluding hydrogens is 360 g/mol. The van der Waals surface area contributed by atoms with Crippen molar-refractivity contribution < 1.29 is 19.2 Å². The number of Topliss-reactive ketones (excluding diaryl/α,β-unsaturated/α-hetero) is 1. The molecule has 0 spiro atoms. The van der Waals surface area contributed by atoms with E-state index in [9.17, 15) is 19.7 Å². The van der Waals surface area contributed by atoms with E-state index >= 15 is 0 Å². The molecule has 0 saturated carbocycles. The highest BCUT2D eigenvalue weighted by atomic mass is 16.6. The third-order valence-corrected chi connectivity index (χ3v) is 4.33. The van der Waals surface area contributed by atoms with Crippen molar-refractivity contribution in [2.75, 3.05) is 0 Å². The number of aromatic nitrogens is 1. The number of hydrogen-bond acceptors (Lipinski definition) is 5. The molecule has 0 unspecified atom stereocenters. The lowest BCUT2D eigenvalue weighted by atomic mass is 10.0. The lowest BCUT2D eigenvalue weighted by Gasteiger charge is -2.11. The molecule has 1 N–H and O–H groups in total. The van der Waals surface area contributed by atoms with Crippen molar-refractivity contribution in [3.05, 3.63) is 81.5 Å². The molecule has 0 aliphatic rings. The monoisotopic (exact) mass is 378 g/mol. The number of aromatic amines is 1. The summed E-state index contributed by atoms with van der Waals surface area (Å²) >= 11 is 0. The SMILES string of the molecule is Cc1[nH]c2ccccc2c1C(=O)[C@@H](C)OC(=O)/C=C/c1ccccc1[N+](=O)[O-]. The van der Waals surface area contributed by atoms with Gasteiger partial charge in [0.2, 0.25) is 5.78 Å². The quantitative estimate of drug-likeness (QED) is 0.228. The van der Waals surface area contributed by atoms with Gasteiger partial charge in [0.15, 0.2) is 6.10 Å². The normalized spacial score (nSPS) is 12.2. The third kappa shape index (κ3) is 3.83. The van der Waals surface area contributed by atoms with Gasteiger partial charge < -0.3 is 9.72 Å². The van der Waals surface area contributed by atoms with Gasteiger partial charge in [0.1, 0.15) is 0 Å². The van der Waals surface area contributed by atoms with Crippen LogP contribution in [0.15, 0.2) is 54.6 Å². The molecule has 3 aromatic rings. The number of nitrogens with one attached hydrogen (secondary N) is 1. The van der Waals surface area contributed by atoms with Crippen LogP contribution in [0.5, 0.6) is 0 Å². The first-order chi connectivity index (χ1) is 13.4. The minimum atomic E-state index is -0.999. The fourth-order valence-electron chi connectivity index (χ4n) is 3.02. The number of ketones is 1. The molecule has 28 heavy (non-hydrogen) atoms. The predicted molar refractivity (Wildman–Crippen MR) is 105 cm³/mol. The van der Waals surface area contributed by atoms with Crippen LogP contribution in [0.3, 0.4) is 0 Å². The second kappa shape index (κ2) is 7.87. The minimum Gasteiger partial charge on any atom is -0.451 e. The summed E-state index contributed by atoms with van der Waals surface area (Å²) in [5, 5.41) is 11.8. The number of ether oxygens (including phenoxy) is 1. The molecule has 0 amide bonds. The number of rotatable bonds is 6. The van der Waals surface area contributed by atoms with Gasteiger partial charge in [0, 0.05) is 34.3 Å². The van der Waals surface area contributed by atoms with E-state index in [0.717, 1.165) is 17.0 Å². The van der Waals surface area contributed by atoms with Crippen molar-refractivity contribution in [2.24, 2.45) is 0 Å². The number of hydrogen-bond donors (Lipinski definition) is 1. The van der Waals surface area contributed by atoms with Crippen LogP contribution in [0, 0.1) is 17.0 Å². The van der Waals surface area contributed by atoms with Gasteiger partial charge in [-0.15, -0.1) is 0 Å². The van der Waals surface area contributed by atoms with E-state index in [1.165, 1.54) is 31.2 Å². The molecule has 3 rings (SSSR count). The van der Waals surface area contributed by atoms with Crippen LogP contribution < -0.4 is 0 Å². The smallest absolute Gasteiger partial charge is 0.331 e. The first-order valence-electron chi connectivity index (χ1n) is 8.62. The van der Waals surface area contributed by atoms with Crippen molar-refractivity contribution in [1.29, 1.82) is 0 Å². The highest BCUT2D eigenvalue weighted by Crippen LogP contribution is 2.24. The molecule has 0 aliphatic carbocycles. The maximum absolute atomic E-state index is 12.8. The highest BCUT2D eigenvalue weighted by Gasteiger charge is 2.23. The van der Waals surface area contributed by atoms with Gasteiger partial charge >= 0.3 is 5.97 Å². The van der Waals surface area contributed by atoms with Gasteiger partial charge in [-0.1, -0.05) is 30.3 Å². The number of aryl methyl sites for hydroxylation is 1. The third-order valence-electron chi connectivity index (χ3n) is 4.33. The number of carbonyl (C=O) groups excluding carboxylic acids is 2. The average molecular weight is 378 g/mol. The number of carbonyl (C=O) groups is 2. The van der Waals surface area contributed by atoms with Crippen molar-refractivity contribution >= 4 is 34.4 Å². The fourth-order valence-corrected chi connectivity index (χ4v) is 3.02. The molecule has 0 fully saturated rings. The van der Waals surface area contributed by atoms with E-state index in [2.05, 4.69) is 4.98 Å². The van der Waals surface area contributed by atoms with Crippen LogP contribution in [-0.4, -0.2) is 27.8 Å². The molecule has 0 aliphatic heterocycles. The molecule has 142 valence electrons. The van der Waals surface area contributed by atoms with E-state index in [0.29, 0.717) is 11.3 Å². The summed E-state index contributed by atoms with van der Waals surface area (Å²) in [7, 11) is 0. The van der Waals surface area contributed by atoms with Crippen LogP contribution in [-0.2, 0) is 9.53 Å². The molecule has 1 heterocycles. The van der Waals surface area contributed by atoms with E-state index in [1.54, 1.807) is 13.0 Å². The number of nitro benzene ring substituents is 1. The Bertz CT molecular complexity index is 1100. The number of H-pyrrole nitrogens is 1. The summed E-state index contributed by atoms with van der Waals surface area (Å²) in [5.41, 5.74) is 2.17. The Hall–Kier alpha value is -3.74. The Labute approximate surface area is 160 Å². The molecule has 7 heteroatoms. The lowest BCUT2D eigenvalue weighted by molar-refractivity contribution is -0.385. The maximum Gasteiger partial charge on any atom is 0.331 e. The number of benzene rings is 2. The zero-order chi connectivity index (χ0) is 20.3. The molecule has 7 nitrogen and oxygen atoms in total. The Balaban J connectivity index is 1.75. The molecule has 0 radical (unpaired) electrons. The summed E-state index contributed by atoms with van der Waals surface area (Å²) in [6.07, 6.45) is 1.38. The number of fused-ring (bicyclic) bond motifs is 1. The maximum atomic E-state index is 12.8. The Morgan fingerprint density at radius 3 is 2.57 bits per heavy atom. The largest absolute Gasteiger partial charge is 0.451 e. The van der Waals surface area contributed by atoms with Crippen LogP contribution in [0.2, 0.25) is 0 Å². The van der Waals surface area contributed by atoms with E-state index < -0.39 is 17.0 Å². The van der Waals surface area contributed by atoms with Crippen LogP contribution >= 0.6 is 0 Å². The summed E-state index contributed by atoms with van der Waals surface area (Å²) in [6, 6.07) is 13.4. The van der Waals surface area contributed by atoms with Gasteiger partial charge in [-0.2, -0.15) is 0 Å². The minimum absolute atomic E-state index is 0.120. The van der Waals surface area contributed by atoms with Crippen molar-refractivity contribution in [3.8, 4) is 0 Å². The van der Waals surface area contributed by atoms with Gasteiger partial charge in [0.05, 0.1) is 10.5 Å². The average Bonchev–Trinajstić information content (AvgIpc) is 3.01. The summed E-state index contributed by atoms with van der Waals surface area (Å²) in [6.45, 7) is 3.29. The molecule has 0 bridgehead atoms. The van der Waals surface area contributed by atoms with Gasteiger partial charge in [-0.05, 0) is 32.1 Å². The van der Waals surface area contributed by atoms with Gasteiger partial charge in [-0.3, -0.25) is 14.9 Å². The molecule has 0 saturated heterocycles. The van der Waals surface area contributed by atoms with E-state index in [1.807, 2.05) is 24.3 Å². The zero-order valence-corrected chi connectivity index (χ0v) is 15.3. The molecule has 1 aromatic heterocycles. The number of nitrogens with zero attached hydrogens (tertiary/aromatic N) is 1. The van der Waals surface area contributed by atoms with Crippen molar-refractivity contribution in [2.45, 2.75) is 20.0 Å². The first-order valence-corrected chi connectivity index (χ1v) is 8.62. The lowest BCUT2D eigenvalue weighted by Crippen LogP contribution is -2.24. The van der Waals surface area contributed by atoms with Gasteiger partial charge in [0.25, 0.3) is 5.69 Å². The summed E-state index contributed by atoms with van der Waals surface area (Å²) < 4.78 is 5.20. The molecule has 2 aromatic carbocycles. The second-order valence-corrected chi connectivity index (χ2v) is 6.26. The Kier molecular flexibility index (Phi) is 5.35. The van der Waals surface area contributed by atoms with E-state index in [-0.39, 0.29) is 17.0 Å². The molecular formula is C21H18N2O5. The zero-order valence-electron chi connectivity index (χ0n) is 15.3. The van der Waals surface area contributed by atoms with E-state index in [4.69, 9.17) is 4.74 Å². The summed E-state index contributed by atoms with van der Waals surface area (Å²) in [5.74, 6) is -1.07. The van der Waals surface area contributed by atoms with Crippen molar-refractivity contribution in [3.63, 3.8) is 0 Å². The second-order valence-electron chi connectivity index (χ2n) is 6.26. The first kappa shape index (κ1) is 19.0. The van der Waals surface area contributed by atoms with Crippen LogP contribution in [0.25, 0.3) is 17.0 Å². The Morgan fingerprint density at radius 1 is 1.14 bits per heavy atom. The number of para-hydroxylation sites is 2. The van der Waals surface area contributed by atoms with Crippen molar-refractivity contribution in [1.82, 2.24) is 4.98 Å². The van der Waals surface area contributed by atoms with Crippen LogP contribution in [0.1, 0.15) is 28.5 Å². The Morgan fingerprint density at radius 2 is 1.82 bits per heavy atom.